The first-order chi connectivity index (χ1) is 8.20. The number of hydrogen-bond acceptors (Lipinski definition) is 2. The number of nitrogens with one attached hydrogen (secondary N) is 1. The molecule has 0 unspecified atom stereocenters. The molecule has 0 bridgehead atoms. The van der Waals surface area contributed by atoms with Crippen molar-refractivity contribution in [2.24, 2.45) is 0 Å². The number of fused-ring (bicyclic) bond motifs is 1. The van der Waals surface area contributed by atoms with E-state index >= 15 is 0 Å². The van der Waals surface area contributed by atoms with Crippen molar-refractivity contribution in [2.75, 3.05) is 12.8 Å². The number of carbonyl (C=O) groups excluding carboxylic acids is 1. The molecule has 0 aliphatic carbocycles. The molecule has 90 valence electrons. The Bertz CT molecular complexity index is 530. The van der Waals surface area contributed by atoms with Gasteiger partial charge in [-0.3, -0.25) is 4.79 Å². The number of nitrogen functional groups attached to an aromatic ring is 1. The van der Waals surface area contributed by atoms with Crippen molar-refractivity contribution >= 4 is 22.5 Å². The summed E-state index contributed by atoms with van der Waals surface area (Å²) in [5.41, 5.74) is 7.67. The summed E-state index contributed by atoms with van der Waals surface area (Å²) < 4.78 is 2.13. The Morgan fingerprint density at radius 3 is 3.00 bits per heavy atom. The van der Waals surface area contributed by atoms with Gasteiger partial charge in [-0.25, -0.2) is 0 Å². The second kappa shape index (κ2) is 4.91. The fraction of sp³-hybridized carbons (Fsp3) is 0.308. The van der Waals surface area contributed by atoms with E-state index in [2.05, 4.69) is 16.0 Å². The van der Waals surface area contributed by atoms with Crippen LogP contribution in [0, 0.1) is 0 Å². The smallest absolute Gasteiger partial charge is 0.219 e. The van der Waals surface area contributed by atoms with Crippen LogP contribution in [-0.2, 0) is 11.3 Å². The number of hydrogen-bond donors (Lipinski definition) is 2. The third-order valence-electron chi connectivity index (χ3n) is 2.88. The molecule has 0 radical (unpaired) electrons. The average Bonchev–Trinajstić information content (AvgIpc) is 2.72. The molecule has 1 heterocycles. The summed E-state index contributed by atoms with van der Waals surface area (Å²) in [5.74, 6) is 0.0842. The first-order valence-corrected chi connectivity index (χ1v) is 5.75. The molecule has 2 aromatic rings. The van der Waals surface area contributed by atoms with Gasteiger partial charge in [-0.2, -0.15) is 0 Å². The second-order valence-electron chi connectivity index (χ2n) is 4.10. The molecular formula is C13H17N3O. The maximum atomic E-state index is 11.1. The molecule has 0 aliphatic rings. The zero-order chi connectivity index (χ0) is 12.3. The van der Waals surface area contributed by atoms with Crippen molar-refractivity contribution in [1.29, 1.82) is 0 Å². The van der Waals surface area contributed by atoms with Crippen molar-refractivity contribution in [3.8, 4) is 0 Å². The van der Waals surface area contributed by atoms with Gasteiger partial charge in [0.05, 0.1) is 5.52 Å². The van der Waals surface area contributed by atoms with Gasteiger partial charge in [0.25, 0.3) is 0 Å². The van der Waals surface area contributed by atoms with Crippen LogP contribution in [0.2, 0.25) is 0 Å². The lowest BCUT2D eigenvalue weighted by molar-refractivity contribution is -0.120. The molecule has 1 aromatic carbocycles. The van der Waals surface area contributed by atoms with Crippen LogP contribution in [0.4, 0.5) is 5.69 Å². The quantitative estimate of drug-likeness (QED) is 0.787. The SMILES string of the molecule is CNC(=O)CCCn1ccc2ccc(N)cc21. The summed E-state index contributed by atoms with van der Waals surface area (Å²) in [4.78, 5) is 11.1. The Labute approximate surface area is 100 Å². The van der Waals surface area contributed by atoms with E-state index in [0.717, 1.165) is 24.2 Å². The van der Waals surface area contributed by atoms with E-state index in [0.29, 0.717) is 6.42 Å². The summed E-state index contributed by atoms with van der Waals surface area (Å²) in [6, 6.07) is 7.95. The summed E-state index contributed by atoms with van der Waals surface area (Å²) in [6.45, 7) is 0.834. The Morgan fingerprint density at radius 1 is 1.41 bits per heavy atom. The van der Waals surface area contributed by atoms with Crippen LogP contribution in [0.5, 0.6) is 0 Å². The van der Waals surface area contributed by atoms with E-state index in [9.17, 15) is 4.79 Å². The Morgan fingerprint density at radius 2 is 2.24 bits per heavy atom. The van der Waals surface area contributed by atoms with Gasteiger partial charge in [-0.05, 0) is 30.0 Å². The molecule has 0 saturated heterocycles. The molecule has 4 nitrogen and oxygen atoms in total. The van der Waals surface area contributed by atoms with Crippen molar-refractivity contribution in [3.05, 3.63) is 30.5 Å². The highest BCUT2D eigenvalue weighted by atomic mass is 16.1. The number of nitrogens with zero attached hydrogens (tertiary/aromatic N) is 1. The topological polar surface area (TPSA) is 60.0 Å². The second-order valence-corrected chi connectivity index (χ2v) is 4.10. The fourth-order valence-corrected chi connectivity index (χ4v) is 1.93. The first kappa shape index (κ1) is 11.5. The van der Waals surface area contributed by atoms with Gasteiger partial charge >= 0.3 is 0 Å². The highest BCUT2D eigenvalue weighted by Crippen LogP contribution is 2.19. The molecule has 0 saturated carbocycles. The van der Waals surface area contributed by atoms with Gasteiger partial charge < -0.3 is 15.6 Å². The molecule has 2 rings (SSSR count). The normalized spacial score (nSPS) is 10.6. The van der Waals surface area contributed by atoms with Crippen LogP contribution in [0.15, 0.2) is 30.5 Å². The Balaban J connectivity index is 2.08. The van der Waals surface area contributed by atoms with Crippen LogP contribution in [0.3, 0.4) is 0 Å². The lowest BCUT2D eigenvalue weighted by atomic mass is 10.2. The molecule has 1 aromatic heterocycles. The minimum absolute atomic E-state index is 0.0842. The Kier molecular flexibility index (Phi) is 3.32. The standard InChI is InChI=1S/C13H17N3O/c1-15-13(17)3-2-7-16-8-6-10-4-5-11(14)9-12(10)16/h4-6,8-9H,2-3,7,14H2,1H3,(H,15,17). The fourth-order valence-electron chi connectivity index (χ4n) is 1.93. The maximum Gasteiger partial charge on any atom is 0.219 e. The predicted molar refractivity (Wildman–Crippen MR) is 69.7 cm³/mol. The molecule has 1 amide bonds. The molecule has 3 N–H and O–H groups in total. The van der Waals surface area contributed by atoms with Gasteiger partial charge in [0.1, 0.15) is 0 Å². The lowest BCUT2D eigenvalue weighted by Crippen LogP contribution is -2.17. The summed E-state index contributed by atoms with van der Waals surface area (Å²) in [6.07, 6.45) is 3.42. The molecule has 17 heavy (non-hydrogen) atoms. The molecular weight excluding hydrogens is 214 g/mol. The number of carbonyl (C=O) groups is 1. The molecule has 0 aliphatic heterocycles. The third kappa shape index (κ3) is 2.58. The maximum absolute atomic E-state index is 11.1. The number of rotatable bonds is 4. The summed E-state index contributed by atoms with van der Waals surface area (Å²) in [7, 11) is 1.66. The minimum Gasteiger partial charge on any atom is -0.399 e. The lowest BCUT2D eigenvalue weighted by Gasteiger charge is -2.05. The van der Waals surface area contributed by atoms with E-state index in [1.54, 1.807) is 7.05 Å². The summed E-state index contributed by atoms with van der Waals surface area (Å²) >= 11 is 0. The van der Waals surface area contributed by atoms with E-state index in [4.69, 9.17) is 5.73 Å². The summed E-state index contributed by atoms with van der Waals surface area (Å²) in [5, 5.41) is 3.80. The van der Waals surface area contributed by atoms with Crippen LogP contribution in [0.1, 0.15) is 12.8 Å². The molecule has 0 spiro atoms. The monoisotopic (exact) mass is 231 g/mol. The largest absolute Gasteiger partial charge is 0.399 e. The van der Waals surface area contributed by atoms with Crippen molar-refractivity contribution in [2.45, 2.75) is 19.4 Å². The highest BCUT2D eigenvalue weighted by molar-refractivity contribution is 5.83. The number of aromatic nitrogens is 1. The van der Waals surface area contributed by atoms with E-state index in [1.165, 1.54) is 5.39 Å². The zero-order valence-corrected chi connectivity index (χ0v) is 9.94. The zero-order valence-electron chi connectivity index (χ0n) is 9.94. The van der Waals surface area contributed by atoms with Crippen molar-refractivity contribution in [3.63, 3.8) is 0 Å². The number of aryl methyl sites for hydroxylation is 1. The van der Waals surface area contributed by atoms with Crippen LogP contribution in [0.25, 0.3) is 10.9 Å². The molecule has 0 atom stereocenters. The third-order valence-corrected chi connectivity index (χ3v) is 2.88. The van der Waals surface area contributed by atoms with Crippen LogP contribution in [-0.4, -0.2) is 17.5 Å². The molecule has 0 fully saturated rings. The van der Waals surface area contributed by atoms with Gasteiger partial charge in [-0.1, -0.05) is 6.07 Å². The number of nitrogens with two attached hydrogens (primary N) is 1. The minimum atomic E-state index is 0.0842. The van der Waals surface area contributed by atoms with E-state index < -0.39 is 0 Å². The van der Waals surface area contributed by atoms with Crippen LogP contribution >= 0.6 is 0 Å². The number of amides is 1. The predicted octanol–water partition coefficient (Wildman–Crippen LogP) is 1.75. The van der Waals surface area contributed by atoms with E-state index in [1.807, 2.05) is 24.4 Å². The first-order valence-electron chi connectivity index (χ1n) is 5.75. The average molecular weight is 231 g/mol. The van der Waals surface area contributed by atoms with Crippen LogP contribution < -0.4 is 11.1 Å². The van der Waals surface area contributed by atoms with Gasteiger partial charge in [0, 0.05) is 31.9 Å². The van der Waals surface area contributed by atoms with Gasteiger partial charge in [0.15, 0.2) is 0 Å². The van der Waals surface area contributed by atoms with Gasteiger partial charge in [0.2, 0.25) is 5.91 Å². The van der Waals surface area contributed by atoms with Crippen molar-refractivity contribution < 1.29 is 4.79 Å². The molecule has 4 heteroatoms. The Hall–Kier alpha value is -1.97. The number of anilines is 1. The van der Waals surface area contributed by atoms with Gasteiger partial charge in [-0.15, -0.1) is 0 Å². The number of benzene rings is 1. The highest BCUT2D eigenvalue weighted by Gasteiger charge is 2.02. The van der Waals surface area contributed by atoms with E-state index in [-0.39, 0.29) is 5.91 Å². The van der Waals surface area contributed by atoms with Crippen molar-refractivity contribution in [1.82, 2.24) is 9.88 Å².